The number of halogens is 2. The molecule has 0 bridgehead atoms. The first-order valence-corrected chi connectivity index (χ1v) is 5.12. The molecule has 0 atom stereocenters. The first-order valence-electron chi connectivity index (χ1n) is 3.22. The van der Waals surface area contributed by atoms with Crippen molar-refractivity contribution in [3.05, 3.63) is 31.9 Å². The van der Waals surface area contributed by atoms with E-state index in [0.717, 1.165) is 9.13 Å². The summed E-state index contributed by atoms with van der Waals surface area (Å²) in [5.74, 6) is 0. The number of thiol groups is 1. The molecule has 0 N–H and O–H groups in total. The van der Waals surface area contributed by atoms with E-state index in [9.17, 15) is 4.79 Å². The van der Waals surface area contributed by atoms with Gasteiger partial charge in [-0.15, -0.1) is 12.6 Å². The van der Waals surface area contributed by atoms with Gasteiger partial charge in [0.05, 0.1) is 10.6 Å². The average molecular weight is 313 g/mol. The van der Waals surface area contributed by atoms with Crippen LogP contribution >= 0.6 is 46.8 Å². The van der Waals surface area contributed by atoms with Crippen LogP contribution in [0.1, 0.15) is 15.9 Å². The minimum absolute atomic E-state index is 0.281. The molecule has 1 rings (SSSR count). The molecule has 0 radical (unpaired) electrons. The quantitative estimate of drug-likeness (QED) is 0.622. The van der Waals surface area contributed by atoms with Crippen molar-refractivity contribution in [1.82, 2.24) is 0 Å². The van der Waals surface area contributed by atoms with Gasteiger partial charge >= 0.3 is 0 Å². The third-order valence-corrected chi connectivity index (χ3v) is 3.35. The minimum Gasteiger partial charge on any atom is -0.282 e. The Balaban J connectivity index is 3.43. The van der Waals surface area contributed by atoms with Crippen LogP contribution in [0.3, 0.4) is 0 Å². The Labute approximate surface area is 95.0 Å². The van der Waals surface area contributed by atoms with Gasteiger partial charge in [-0.1, -0.05) is 17.7 Å². The van der Waals surface area contributed by atoms with Crippen molar-refractivity contribution in [3.63, 3.8) is 0 Å². The maximum Gasteiger partial charge on any atom is 0.218 e. The van der Waals surface area contributed by atoms with Crippen molar-refractivity contribution in [2.45, 2.75) is 6.92 Å². The lowest BCUT2D eigenvalue weighted by Crippen LogP contribution is -1.96. The summed E-state index contributed by atoms with van der Waals surface area (Å²) in [7, 11) is 0. The van der Waals surface area contributed by atoms with Gasteiger partial charge in [-0.25, -0.2) is 0 Å². The highest BCUT2D eigenvalue weighted by atomic mass is 127. The van der Waals surface area contributed by atoms with Crippen molar-refractivity contribution in [3.8, 4) is 0 Å². The van der Waals surface area contributed by atoms with Crippen LogP contribution in [0.5, 0.6) is 0 Å². The third-order valence-electron chi connectivity index (χ3n) is 1.52. The van der Waals surface area contributed by atoms with Gasteiger partial charge < -0.3 is 0 Å². The van der Waals surface area contributed by atoms with Gasteiger partial charge in [0.2, 0.25) is 5.12 Å². The van der Waals surface area contributed by atoms with E-state index in [4.69, 9.17) is 11.6 Å². The Morgan fingerprint density at radius 1 is 1.58 bits per heavy atom. The van der Waals surface area contributed by atoms with Crippen LogP contribution < -0.4 is 0 Å². The van der Waals surface area contributed by atoms with E-state index in [1.165, 1.54) is 0 Å². The van der Waals surface area contributed by atoms with E-state index in [-0.39, 0.29) is 5.12 Å². The van der Waals surface area contributed by atoms with Gasteiger partial charge in [-0.05, 0) is 41.1 Å². The highest BCUT2D eigenvalue weighted by Gasteiger charge is 2.11. The van der Waals surface area contributed by atoms with Gasteiger partial charge in [0.15, 0.2) is 0 Å². The summed E-state index contributed by atoms with van der Waals surface area (Å²) in [6.45, 7) is 1.84. The molecule has 12 heavy (non-hydrogen) atoms. The zero-order valence-electron chi connectivity index (χ0n) is 6.27. The Morgan fingerprint density at radius 2 is 2.17 bits per heavy atom. The Kier molecular flexibility index (Phi) is 3.43. The summed E-state index contributed by atoms with van der Waals surface area (Å²) < 4.78 is 0.872. The molecule has 0 fully saturated rings. The topological polar surface area (TPSA) is 17.1 Å². The molecule has 0 aliphatic carbocycles. The lowest BCUT2D eigenvalue weighted by molar-refractivity contribution is 0.109. The Hall–Kier alpha value is 0.260. The summed E-state index contributed by atoms with van der Waals surface area (Å²) in [5, 5.41) is 0.214. The van der Waals surface area contributed by atoms with E-state index < -0.39 is 0 Å². The SMILES string of the molecule is Cc1ccc(I)c(Cl)c1C(=O)S. The first kappa shape index (κ1) is 10.3. The van der Waals surface area contributed by atoms with Crippen LogP contribution in [0.25, 0.3) is 0 Å². The smallest absolute Gasteiger partial charge is 0.218 e. The van der Waals surface area contributed by atoms with E-state index in [1.54, 1.807) is 0 Å². The number of hydrogen-bond donors (Lipinski definition) is 1. The normalized spacial score (nSPS) is 10.0. The predicted octanol–water partition coefficient (Wildman–Crippen LogP) is 3.32. The molecule has 0 spiro atoms. The van der Waals surface area contributed by atoms with Crippen molar-refractivity contribution >= 4 is 51.9 Å². The fourth-order valence-corrected chi connectivity index (χ4v) is 2.01. The second-order valence-electron chi connectivity index (χ2n) is 2.36. The second-order valence-corrected chi connectivity index (χ2v) is 4.30. The summed E-state index contributed by atoms with van der Waals surface area (Å²) >= 11 is 11.7. The number of rotatable bonds is 1. The fourth-order valence-electron chi connectivity index (χ4n) is 0.910. The molecule has 0 saturated carbocycles. The van der Waals surface area contributed by atoms with E-state index in [1.807, 2.05) is 19.1 Å². The summed E-state index contributed by atoms with van der Waals surface area (Å²) in [5.41, 5.74) is 1.37. The Bertz CT molecular complexity index is 338. The highest BCUT2D eigenvalue weighted by molar-refractivity contribution is 14.1. The molecule has 64 valence electrons. The van der Waals surface area contributed by atoms with Crippen LogP contribution in [0.15, 0.2) is 12.1 Å². The number of benzene rings is 1. The van der Waals surface area contributed by atoms with Crippen LogP contribution in [0, 0.1) is 10.5 Å². The molecule has 4 heteroatoms. The van der Waals surface area contributed by atoms with Crippen LogP contribution in [0.2, 0.25) is 5.02 Å². The fraction of sp³-hybridized carbons (Fsp3) is 0.125. The molecule has 0 aliphatic heterocycles. The molecule has 1 nitrogen and oxygen atoms in total. The predicted molar refractivity (Wildman–Crippen MR) is 62.2 cm³/mol. The van der Waals surface area contributed by atoms with E-state index in [0.29, 0.717) is 10.6 Å². The first-order chi connectivity index (χ1) is 5.54. The monoisotopic (exact) mass is 312 g/mol. The number of hydrogen-bond acceptors (Lipinski definition) is 1. The minimum atomic E-state index is -0.281. The van der Waals surface area contributed by atoms with Crippen LogP contribution in [-0.4, -0.2) is 5.12 Å². The standard InChI is InChI=1S/C8H6ClIOS/c1-4-2-3-5(10)7(9)6(4)8(11)12/h2-3H,1H3,(H,11,12). The molecule has 0 aliphatic rings. The van der Waals surface area contributed by atoms with Gasteiger partial charge in [0, 0.05) is 3.57 Å². The van der Waals surface area contributed by atoms with Crippen molar-refractivity contribution in [1.29, 1.82) is 0 Å². The van der Waals surface area contributed by atoms with Gasteiger partial charge in [0.25, 0.3) is 0 Å². The second kappa shape index (κ2) is 3.98. The molecule has 0 heterocycles. The van der Waals surface area contributed by atoms with Crippen LogP contribution in [-0.2, 0) is 0 Å². The molecule has 1 aromatic rings. The number of aryl methyl sites for hydroxylation is 1. The van der Waals surface area contributed by atoms with Crippen molar-refractivity contribution in [2.75, 3.05) is 0 Å². The largest absolute Gasteiger partial charge is 0.282 e. The lowest BCUT2D eigenvalue weighted by atomic mass is 10.1. The molecule has 0 aromatic heterocycles. The van der Waals surface area contributed by atoms with E-state index >= 15 is 0 Å². The van der Waals surface area contributed by atoms with Gasteiger partial charge in [0.1, 0.15) is 0 Å². The zero-order valence-corrected chi connectivity index (χ0v) is 10.1. The van der Waals surface area contributed by atoms with Gasteiger partial charge in [-0.2, -0.15) is 0 Å². The molecule has 0 saturated heterocycles. The Morgan fingerprint density at radius 3 is 2.58 bits per heavy atom. The number of carbonyl (C=O) groups excluding carboxylic acids is 1. The molecule has 0 amide bonds. The van der Waals surface area contributed by atoms with Crippen molar-refractivity contribution in [2.24, 2.45) is 0 Å². The maximum atomic E-state index is 11.0. The molecular weight excluding hydrogens is 307 g/mol. The van der Waals surface area contributed by atoms with Crippen molar-refractivity contribution < 1.29 is 4.79 Å². The highest BCUT2D eigenvalue weighted by Crippen LogP contribution is 2.26. The van der Waals surface area contributed by atoms with Gasteiger partial charge in [-0.3, -0.25) is 4.79 Å². The van der Waals surface area contributed by atoms with Crippen LogP contribution in [0.4, 0.5) is 0 Å². The summed E-state index contributed by atoms with van der Waals surface area (Å²) in [6.07, 6.45) is 0. The zero-order chi connectivity index (χ0) is 9.30. The molecular formula is C8H6ClIOS. The average Bonchev–Trinajstić information content (AvgIpc) is 1.97. The summed E-state index contributed by atoms with van der Waals surface area (Å²) in [6, 6.07) is 3.73. The molecule has 0 unspecified atom stereocenters. The lowest BCUT2D eigenvalue weighted by Gasteiger charge is -2.04. The maximum absolute atomic E-state index is 11.0. The number of carbonyl (C=O) groups is 1. The molecule has 1 aromatic carbocycles. The summed E-state index contributed by atoms with van der Waals surface area (Å²) in [4.78, 5) is 11.0. The third kappa shape index (κ3) is 1.95. The van der Waals surface area contributed by atoms with E-state index in [2.05, 4.69) is 35.2 Å².